The van der Waals surface area contributed by atoms with Crippen LogP contribution in [0.25, 0.3) is 0 Å². The number of nitrogens with one attached hydrogen (secondary N) is 1. The molecule has 1 aromatic rings. The Bertz CT molecular complexity index is 432. The van der Waals surface area contributed by atoms with E-state index in [0.717, 1.165) is 13.0 Å². The van der Waals surface area contributed by atoms with Crippen LogP contribution in [0.3, 0.4) is 0 Å². The van der Waals surface area contributed by atoms with Crippen LogP contribution in [0, 0.1) is 11.3 Å². The average molecular weight is 220 g/mol. The minimum atomic E-state index is -0.479. The molecule has 0 radical (unpaired) electrons. The van der Waals surface area contributed by atoms with Crippen molar-refractivity contribution in [2.75, 3.05) is 11.9 Å². The first-order valence-corrected chi connectivity index (χ1v) is 5.45. The van der Waals surface area contributed by atoms with E-state index >= 15 is 0 Å². The second-order valence-electron chi connectivity index (χ2n) is 3.51. The highest BCUT2D eigenvalue weighted by Gasteiger charge is 2.10. The summed E-state index contributed by atoms with van der Waals surface area (Å²) < 4.78 is 1.22. The molecule has 1 aromatic heterocycles. The Balaban J connectivity index is 2.92. The van der Waals surface area contributed by atoms with Gasteiger partial charge >= 0.3 is 0 Å². The molecule has 0 spiro atoms. The van der Waals surface area contributed by atoms with E-state index in [1.54, 1.807) is 6.20 Å². The number of nitriles is 1. The van der Waals surface area contributed by atoms with Crippen LogP contribution in [0.1, 0.15) is 32.7 Å². The Morgan fingerprint density at radius 1 is 1.62 bits per heavy atom. The molecule has 86 valence electrons. The number of nitrogens with zero attached hydrogens (tertiary/aromatic N) is 3. The lowest BCUT2D eigenvalue weighted by Crippen LogP contribution is -2.26. The lowest BCUT2D eigenvalue weighted by atomic mass is 10.2. The van der Waals surface area contributed by atoms with Crippen LogP contribution in [0.4, 0.5) is 5.69 Å². The summed E-state index contributed by atoms with van der Waals surface area (Å²) in [5.41, 5.74) is 0.463. The first-order chi connectivity index (χ1) is 7.72. The minimum Gasteiger partial charge on any atom is -0.384 e. The van der Waals surface area contributed by atoms with E-state index in [2.05, 4.69) is 16.5 Å². The highest BCUT2D eigenvalue weighted by Crippen LogP contribution is 2.06. The van der Waals surface area contributed by atoms with E-state index in [-0.39, 0.29) is 5.56 Å². The Morgan fingerprint density at radius 2 is 2.38 bits per heavy atom. The van der Waals surface area contributed by atoms with Gasteiger partial charge in [0.1, 0.15) is 6.04 Å². The van der Waals surface area contributed by atoms with Crippen molar-refractivity contribution < 1.29 is 0 Å². The molecule has 1 atom stereocenters. The van der Waals surface area contributed by atoms with Crippen molar-refractivity contribution in [1.29, 1.82) is 5.26 Å². The van der Waals surface area contributed by atoms with Crippen molar-refractivity contribution in [2.45, 2.75) is 32.7 Å². The summed E-state index contributed by atoms with van der Waals surface area (Å²) in [5, 5.41) is 15.9. The Kier molecular flexibility index (Phi) is 4.52. The zero-order valence-electron chi connectivity index (χ0n) is 9.60. The molecule has 16 heavy (non-hydrogen) atoms. The first-order valence-electron chi connectivity index (χ1n) is 5.45. The van der Waals surface area contributed by atoms with Crippen molar-refractivity contribution in [3.63, 3.8) is 0 Å². The maximum absolute atomic E-state index is 11.7. The van der Waals surface area contributed by atoms with Gasteiger partial charge in [-0.1, -0.05) is 13.8 Å². The third-order valence-electron chi connectivity index (χ3n) is 2.24. The van der Waals surface area contributed by atoms with Crippen molar-refractivity contribution in [1.82, 2.24) is 9.78 Å². The van der Waals surface area contributed by atoms with Crippen molar-refractivity contribution in [2.24, 2.45) is 0 Å². The smallest absolute Gasteiger partial charge is 0.270 e. The lowest BCUT2D eigenvalue weighted by molar-refractivity contribution is 0.506. The van der Waals surface area contributed by atoms with E-state index in [4.69, 9.17) is 5.26 Å². The van der Waals surface area contributed by atoms with Crippen LogP contribution in [0.15, 0.2) is 17.1 Å². The summed E-state index contributed by atoms with van der Waals surface area (Å²) >= 11 is 0. The zero-order valence-corrected chi connectivity index (χ0v) is 9.60. The van der Waals surface area contributed by atoms with E-state index < -0.39 is 6.04 Å². The van der Waals surface area contributed by atoms with E-state index in [0.29, 0.717) is 12.1 Å². The summed E-state index contributed by atoms with van der Waals surface area (Å²) in [6, 6.07) is 3.05. The van der Waals surface area contributed by atoms with Crippen LogP contribution in [0.5, 0.6) is 0 Å². The van der Waals surface area contributed by atoms with Gasteiger partial charge in [0.15, 0.2) is 0 Å². The molecule has 0 aromatic carbocycles. The quantitative estimate of drug-likeness (QED) is 0.817. The monoisotopic (exact) mass is 220 g/mol. The van der Waals surface area contributed by atoms with Gasteiger partial charge in [-0.2, -0.15) is 10.4 Å². The van der Waals surface area contributed by atoms with E-state index in [1.807, 2.05) is 13.8 Å². The van der Waals surface area contributed by atoms with Gasteiger partial charge in [0.05, 0.1) is 18.0 Å². The molecular weight excluding hydrogens is 204 g/mol. The third kappa shape index (κ3) is 2.83. The molecule has 1 rings (SSSR count). The topological polar surface area (TPSA) is 70.7 Å². The summed E-state index contributed by atoms with van der Waals surface area (Å²) in [5.74, 6) is 0. The van der Waals surface area contributed by atoms with Crippen LogP contribution in [-0.4, -0.2) is 16.3 Å². The minimum absolute atomic E-state index is 0.241. The molecule has 0 amide bonds. The lowest BCUT2D eigenvalue weighted by Gasteiger charge is -2.10. The summed E-state index contributed by atoms with van der Waals surface area (Å²) in [6.45, 7) is 4.70. The molecular formula is C11H16N4O. The van der Waals surface area contributed by atoms with Gasteiger partial charge in [-0.15, -0.1) is 0 Å². The van der Waals surface area contributed by atoms with Crippen molar-refractivity contribution in [3.8, 4) is 6.07 Å². The Labute approximate surface area is 94.7 Å². The number of anilines is 1. The van der Waals surface area contributed by atoms with Crippen molar-refractivity contribution in [3.05, 3.63) is 22.6 Å². The molecule has 0 aliphatic rings. The van der Waals surface area contributed by atoms with Crippen LogP contribution < -0.4 is 10.9 Å². The second kappa shape index (κ2) is 5.91. The molecule has 1 N–H and O–H groups in total. The fourth-order valence-electron chi connectivity index (χ4n) is 1.34. The van der Waals surface area contributed by atoms with Gasteiger partial charge in [0, 0.05) is 12.6 Å². The van der Waals surface area contributed by atoms with Crippen LogP contribution in [0.2, 0.25) is 0 Å². The van der Waals surface area contributed by atoms with Crippen LogP contribution >= 0.6 is 0 Å². The van der Waals surface area contributed by atoms with Gasteiger partial charge < -0.3 is 5.32 Å². The maximum Gasteiger partial charge on any atom is 0.270 e. The zero-order chi connectivity index (χ0) is 12.0. The predicted octanol–water partition coefficient (Wildman–Crippen LogP) is 1.54. The fraction of sp³-hybridized carbons (Fsp3) is 0.545. The molecule has 1 heterocycles. The molecule has 0 aliphatic heterocycles. The molecule has 5 heteroatoms. The SMILES string of the molecule is CCCNc1cnn(C(C#N)CC)c(=O)c1. The van der Waals surface area contributed by atoms with Crippen molar-refractivity contribution >= 4 is 5.69 Å². The Morgan fingerprint density at radius 3 is 2.88 bits per heavy atom. The molecule has 0 bridgehead atoms. The highest BCUT2D eigenvalue weighted by molar-refractivity contribution is 5.38. The summed E-state index contributed by atoms with van der Waals surface area (Å²) in [4.78, 5) is 11.7. The average Bonchev–Trinajstić information content (AvgIpc) is 2.30. The molecule has 1 unspecified atom stereocenters. The van der Waals surface area contributed by atoms with E-state index in [1.165, 1.54) is 10.7 Å². The van der Waals surface area contributed by atoms with Crippen LogP contribution in [-0.2, 0) is 0 Å². The third-order valence-corrected chi connectivity index (χ3v) is 2.24. The number of aromatic nitrogens is 2. The van der Waals surface area contributed by atoms with Gasteiger partial charge in [-0.05, 0) is 12.8 Å². The molecule has 5 nitrogen and oxygen atoms in total. The second-order valence-corrected chi connectivity index (χ2v) is 3.51. The maximum atomic E-state index is 11.7. The van der Waals surface area contributed by atoms with Gasteiger partial charge in [-0.25, -0.2) is 4.68 Å². The Hall–Kier alpha value is -1.83. The molecule has 0 aliphatic carbocycles. The molecule has 0 fully saturated rings. The van der Waals surface area contributed by atoms with E-state index in [9.17, 15) is 4.79 Å². The predicted molar refractivity (Wildman–Crippen MR) is 62.2 cm³/mol. The van der Waals surface area contributed by atoms with Gasteiger partial charge in [-0.3, -0.25) is 4.79 Å². The van der Waals surface area contributed by atoms with Gasteiger partial charge in [0.25, 0.3) is 5.56 Å². The normalized spacial score (nSPS) is 11.8. The summed E-state index contributed by atoms with van der Waals surface area (Å²) in [6.07, 6.45) is 3.14. The fourth-order valence-corrected chi connectivity index (χ4v) is 1.34. The number of hydrogen-bond donors (Lipinski definition) is 1. The molecule has 0 saturated heterocycles. The largest absolute Gasteiger partial charge is 0.384 e. The standard InChI is InChI=1S/C11H16N4O/c1-3-5-13-9-6-11(16)15(14-8-9)10(4-2)7-12/h6,8,10,13H,3-5H2,1-2H3. The summed E-state index contributed by atoms with van der Waals surface area (Å²) in [7, 11) is 0. The van der Waals surface area contributed by atoms with Gasteiger partial charge in [0.2, 0.25) is 0 Å². The first kappa shape index (κ1) is 12.2. The highest BCUT2D eigenvalue weighted by atomic mass is 16.1. The number of rotatable bonds is 5. The molecule has 0 saturated carbocycles. The number of hydrogen-bond acceptors (Lipinski definition) is 4.